The zero-order valence-electron chi connectivity index (χ0n) is 6.82. The van der Waals surface area contributed by atoms with E-state index in [1.165, 1.54) is 0 Å². The van der Waals surface area contributed by atoms with Gasteiger partial charge in [0.2, 0.25) is 0 Å². The van der Waals surface area contributed by atoms with Crippen LogP contribution in [0.4, 0.5) is 4.79 Å². The highest BCUT2D eigenvalue weighted by Crippen LogP contribution is 2.10. The van der Waals surface area contributed by atoms with Crippen LogP contribution >= 0.6 is 0 Å². The lowest BCUT2D eigenvalue weighted by Gasteiger charge is -2.21. The number of hydrogen-bond donors (Lipinski definition) is 1. The molecule has 1 fully saturated rings. The third kappa shape index (κ3) is 3.06. The molecule has 0 aliphatic carbocycles. The number of nitrogens with two attached hydrogens (primary N) is 1. The van der Waals surface area contributed by atoms with Crippen LogP contribution < -0.4 is 5.73 Å². The van der Waals surface area contributed by atoms with E-state index in [4.69, 9.17) is 15.2 Å². The van der Waals surface area contributed by atoms with Gasteiger partial charge in [0.15, 0.2) is 0 Å². The minimum absolute atomic E-state index is 0.146. The summed E-state index contributed by atoms with van der Waals surface area (Å²) in [6.45, 7) is 1.05. The quantitative estimate of drug-likeness (QED) is 0.480. The second-order valence-electron chi connectivity index (χ2n) is 2.52. The molecule has 1 aliphatic rings. The summed E-state index contributed by atoms with van der Waals surface area (Å²) in [5.74, 6) is 0. The maximum Gasteiger partial charge on any atom is 0.509 e. The molecule has 0 aromatic carbocycles. The third-order valence-electron chi connectivity index (χ3n) is 1.58. The summed E-state index contributed by atoms with van der Waals surface area (Å²) in [5.41, 5.74) is 4.98. The van der Waals surface area contributed by atoms with Crippen LogP contribution in [0.1, 0.15) is 12.8 Å². The highest BCUT2D eigenvalue weighted by Gasteiger charge is 2.18. The first kappa shape index (κ1) is 9.28. The summed E-state index contributed by atoms with van der Waals surface area (Å²) < 4.78 is 14.4. The van der Waals surface area contributed by atoms with Crippen LogP contribution in [-0.4, -0.2) is 32.2 Å². The van der Waals surface area contributed by atoms with Crippen LogP contribution in [0.3, 0.4) is 0 Å². The first-order valence-electron chi connectivity index (χ1n) is 3.94. The normalized spacial score (nSPS) is 23.2. The fourth-order valence-electron chi connectivity index (χ4n) is 1.04. The Balaban J connectivity index is 2.15. The van der Waals surface area contributed by atoms with E-state index >= 15 is 0 Å². The van der Waals surface area contributed by atoms with Crippen LogP contribution in [0, 0.1) is 0 Å². The third-order valence-corrected chi connectivity index (χ3v) is 1.58. The van der Waals surface area contributed by atoms with E-state index in [0.717, 1.165) is 19.4 Å². The summed E-state index contributed by atoms with van der Waals surface area (Å²) >= 11 is 0. The summed E-state index contributed by atoms with van der Waals surface area (Å²) in [5, 5.41) is 0. The van der Waals surface area contributed by atoms with E-state index in [2.05, 4.69) is 4.74 Å². The van der Waals surface area contributed by atoms with Gasteiger partial charge in [0.05, 0.1) is 6.61 Å². The van der Waals surface area contributed by atoms with Gasteiger partial charge in [0, 0.05) is 6.61 Å². The van der Waals surface area contributed by atoms with Crippen molar-refractivity contribution < 1.29 is 19.0 Å². The largest absolute Gasteiger partial charge is 0.509 e. The van der Waals surface area contributed by atoms with Gasteiger partial charge >= 0.3 is 6.16 Å². The molecule has 1 unspecified atom stereocenters. The summed E-state index contributed by atoms with van der Waals surface area (Å²) in [7, 11) is 0. The maximum absolute atomic E-state index is 10.7. The van der Waals surface area contributed by atoms with Gasteiger partial charge in [-0.3, -0.25) is 5.73 Å². The first-order chi connectivity index (χ1) is 5.83. The van der Waals surface area contributed by atoms with Crippen LogP contribution in [0.15, 0.2) is 0 Å². The lowest BCUT2D eigenvalue weighted by molar-refractivity contribution is -0.0420. The Morgan fingerprint density at radius 2 is 2.50 bits per heavy atom. The van der Waals surface area contributed by atoms with Crippen molar-refractivity contribution >= 4 is 6.16 Å². The van der Waals surface area contributed by atoms with Gasteiger partial charge in [0.1, 0.15) is 12.8 Å². The molecule has 12 heavy (non-hydrogen) atoms. The van der Waals surface area contributed by atoms with E-state index in [-0.39, 0.29) is 12.8 Å². The lowest BCUT2D eigenvalue weighted by atomic mass is 10.2. The van der Waals surface area contributed by atoms with E-state index in [0.29, 0.717) is 6.61 Å². The van der Waals surface area contributed by atoms with Gasteiger partial charge in [-0.2, -0.15) is 0 Å². The number of ether oxygens (including phenoxy) is 3. The fourth-order valence-corrected chi connectivity index (χ4v) is 1.04. The maximum atomic E-state index is 10.7. The second kappa shape index (κ2) is 4.95. The topological polar surface area (TPSA) is 70.8 Å². The van der Waals surface area contributed by atoms with Crippen LogP contribution in [-0.2, 0) is 14.2 Å². The molecule has 1 heterocycles. The van der Waals surface area contributed by atoms with Crippen molar-refractivity contribution in [1.29, 1.82) is 0 Å². The minimum atomic E-state index is -0.715. The van der Waals surface area contributed by atoms with Crippen molar-refractivity contribution in [3.05, 3.63) is 0 Å². The van der Waals surface area contributed by atoms with E-state index in [9.17, 15) is 4.79 Å². The average Bonchev–Trinajstić information content (AvgIpc) is 2.06. The molecule has 0 saturated carbocycles. The van der Waals surface area contributed by atoms with Crippen molar-refractivity contribution in [3.8, 4) is 0 Å². The predicted octanol–water partition coefficient (Wildman–Crippen LogP) is 0.235. The van der Waals surface area contributed by atoms with E-state index in [1.54, 1.807) is 0 Å². The van der Waals surface area contributed by atoms with Crippen molar-refractivity contribution in [1.82, 2.24) is 0 Å². The zero-order valence-corrected chi connectivity index (χ0v) is 6.82. The standard InChI is InChI=1S/C7H13NO4/c8-5-11-7(9)12-6-2-1-3-10-4-6/h6H,1-5,8H2. The molecule has 5 nitrogen and oxygen atoms in total. The molecule has 0 aromatic rings. The summed E-state index contributed by atoms with van der Waals surface area (Å²) in [6, 6.07) is 0. The molecule has 1 atom stereocenters. The molecule has 0 aromatic heterocycles. The molecule has 1 aliphatic heterocycles. The molecule has 0 amide bonds. The molecule has 70 valence electrons. The Morgan fingerprint density at radius 3 is 3.08 bits per heavy atom. The number of carbonyl (C=O) groups excluding carboxylic acids is 1. The molecule has 0 radical (unpaired) electrons. The van der Waals surface area contributed by atoms with Crippen molar-refractivity contribution in [2.45, 2.75) is 18.9 Å². The summed E-state index contributed by atoms with van der Waals surface area (Å²) in [4.78, 5) is 10.7. The predicted molar refractivity (Wildman–Crippen MR) is 40.5 cm³/mol. The highest BCUT2D eigenvalue weighted by molar-refractivity contribution is 5.60. The number of hydrogen-bond acceptors (Lipinski definition) is 5. The molecular formula is C7H13NO4. The first-order valence-corrected chi connectivity index (χ1v) is 3.94. The molecule has 1 rings (SSSR count). The molecule has 2 N–H and O–H groups in total. The number of rotatable bonds is 2. The summed E-state index contributed by atoms with van der Waals surface area (Å²) in [6.07, 6.45) is 0.867. The van der Waals surface area contributed by atoms with Gasteiger partial charge in [-0.05, 0) is 12.8 Å². The van der Waals surface area contributed by atoms with Gasteiger partial charge in [0.25, 0.3) is 0 Å². The SMILES string of the molecule is NCOC(=O)OC1CCCOC1. The van der Waals surface area contributed by atoms with Crippen molar-refractivity contribution in [2.24, 2.45) is 5.73 Å². The van der Waals surface area contributed by atoms with E-state index < -0.39 is 6.16 Å². The Kier molecular flexibility index (Phi) is 3.83. The smallest absolute Gasteiger partial charge is 0.428 e. The fraction of sp³-hybridized carbons (Fsp3) is 0.857. The Hall–Kier alpha value is -0.810. The van der Waals surface area contributed by atoms with E-state index in [1.807, 2.05) is 0 Å². The van der Waals surface area contributed by atoms with Crippen LogP contribution in [0.25, 0.3) is 0 Å². The number of carbonyl (C=O) groups is 1. The molecule has 5 heteroatoms. The molecule has 0 bridgehead atoms. The zero-order chi connectivity index (χ0) is 8.81. The molecular weight excluding hydrogens is 162 g/mol. The minimum Gasteiger partial charge on any atom is -0.428 e. The van der Waals surface area contributed by atoms with Gasteiger partial charge in [-0.1, -0.05) is 0 Å². The Bertz CT molecular complexity index is 144. The lowest BCUT2D eigenvalue weighted by Crippen LogP contribution is -2.29. The van der Waals surface area contributed by atoms with Crippen molar-refractivity contribution in [2.75, 3.05) is 19.9 Å². The van der Waals surface area contributed by atoms with Gasteiger partial charge in [-0.15, -0.1) is 0 Å². The molecule has 1 saturated heterocycles. The second-order valence-corrected chi connectivity index (χ2v) is 2.52. The average molecular weight is 175 g/mol. The molecule has 0 spiro atoms. The van der Waals surface area contributed by atoms with Gasteiger partial charge < -0.3 is 14.2 Å². The Morgan fingerprint density at radius 1 is 1.67 bits per heavy atom. The van der Waals surface area contributed by atoms with Crippen LogP contribution in [0.2, 0.25) is 0 Å². The highest BCUT2D eigenvalue weighted by atomic mass is 16.7. The van der Waals surface area contributed by atoms with Crippen LogP contribution in [0.5, 0.6) is 0 Å². The Labute approximate surface area is 70.8 Å². The monoisotopic (exact) mass is 175 g/mol. The van der Waals surface area contributed by atoms with Crippen molar-refractivity contribution in [3.63, 3.8) is 0 Å². The van der Waals surface area contributed by atoms with Gasteiger partial charge in [-0.25, -0.2) is 4.79 Å².